The van der Waals surface area contributed by atoms with Gasteiger partial charge in [-0.15, -0.1) is 5.10 Å². The van der Waals surface area contributed by atoms with Gasteiger partial charge in [0.15, 0.2) is 0 Å². The van der Waals surface area contributed by atoms with Gasteiger partial charge in [-0.05, 0) is 68.5 Å². The molecule has 0 bridgehead atoms. The maximum atomic E-state index is 12.6. The van der Waals surface area contributed by atoms with E-state index in [2.05, 4.69) is 56.8 Å². The number of imidazole rings is 1. The Labute approximate surface area is 229 Å². The van der Waals surface area contributed by atoms with Crippen LogP contribution in [0.2, 0.25) is 0 Å². The minimum Gasteiger partial charge on any atom is -0.481 e. The monoisotopic (exact) mass is 530 g/mol. The molecule has 0 aliphatic carbocycles. The van der Waals surface area contributed by atoms with Gasteiger partial charge in [0.1, 0.15) is 11.3 Å². The summed E-state index contributed by atoms with van der Waals surface area (Å²) in [6.45, 7) is 13.8. The maximum absolute atomic E-state index is 12.6. The van der Waals surface area contributed by atoms with E-state index in [1.165, 1.54) is 0 Å². The number of benzene rings is 2. The quantitative estimate of drug-likeness (QED) is 0.363. The number of nitrogens with zero attached hydrogens (tertiary/aromatic N) is 6. The van der Waals surface area contributed by atoms with Gasteiger partial charge in [0, 0.05) is 45.0 Å². The van der Waals surface area contributed by atoms with E-state index in [1.54, 1.807) is 18.5 Å². The zero-order valence-corrected chi connectivity index (χ0v) is 23.7. The minimum absolute atomic E-state index is 0.222. The van der Waals surface area contributed by atoms with Crippen molar-refractivity contribution in [2.45, 2.75) is 59.7 Å². The fraction of sp³-hybridized carbons (Fsp3) is 0.467. The molecule has 3 heterocycles. The molecule has 206 valence electrons. The summed E-state index contributed by atoms with van der Waals surface area (Å²) in [5.41, 5.74) is 5.86. The number of aryl methyl sites for hydroxylation is 3. The first-order chi connectivity index (χ1) is 18.6. The summed E-state index contributed by atoms with van der Waals surface area (Å²) in [6, 6.07) is 10.4. The number of aromatic nitrogens is 5. The van der Waals surface area contributed by atoms with E-state index in [0.29, 0.717) is 6.54 Å². The number of carbonyl (C=O) groups is 1. The minimum atomic E-state index is -1.06. The second-order valence-electron chi connectivity index (χ2n) is 11.4. The predicted molar refractivity (Wildman–Crippen MR) is 150 cm³/mol. The van der Waals surface area contributed by atoms with Crippen LogP contribution in [0.15, 0.2) is 42.7 Å². The molecule has 5 rings (SSSR count). The van der Waals surface area contributed by atoms with Crippen molar-refractivity contribution in [1.82, 2.24) is 29.4 Å². The molecule has 0 radical (unpaired) electrons. The van der Waals surface area contributed by atoms with Crippen LogP contribution in [0.25, 0.3) is 11.0 Å². The summed E-state index contributed by atoms with van der Waals surface area (Å²) >= 11 is 0. The van der Waals surface area contributed by atoms with Gasteiger partial charge < -0.3 is 14.4 Å². The van der Waals surface area contributed by atoms with E-state index in [9.17, 15) is 9.90 Å². The molecule has 1 saturated heterocycles. The highest BCUT2D eigenvalue weighted by molar-refractivity contribution is 5.81. The molecule has 0 spiro atoms. The molecular formula is C30H38N6O3. The third kappa shape index (κ3) is 5.21. The lowest BCUT2D eigenvalue weighted by molar-refractivity contribution is -0.147. The average molecular weight is 531 g/mol. The van der Waals surface area contributed by atoms with Crippen molar-refractivity contribution in [3.8, 4) is 0 Å². The topological polar surface area (TPSA) is 98.3 Å². The normalized spacial score (nSPS) is 17.5. The molecule has 9 nitrogen and oxygen atoms in total. The highest BCUT2D eigenvalue weighted by atomic mass is 16.5. The molecule has 39 heavy (non-hydrogen) atoms. The van der Waals surface area contributed by atoms with Gasteiger partial charge in [-0.3, -0.25) is 9.69 Å². The van der Waals surface area contributed by atoms with Crippen molar-refractivity contribution in [3.63, 3.8) is 0 Å². The molecule has 1 fully saturated rings. The number of hydrogen-bond acceptors (Lipinski definition) is 6. The summed E-state index contributed by atoms with van der Waals surface area (Å²) in [5.74, 6) is -0.206. The van der Waals surface area contributed by atoms with E-state index in [0.717, 1.165) is 70.9 Å². The van der Waals surface area contributed by atoms with Gasteiger partial charge in [-0.25, -0.2) is 9.67 Å². The van der Waals surface area contributed by atoms with Crippen LogP contribution in [0.1, 0.15) is 60.3 Å². The van der Waals surface area contributed by atoms with E-state index in [1.807, 2.05) is 38.5 Å². The van der Waals surface area contributed by atoms with Gasteiger partial charge in [0.05, 0.1) is 30.2 Å². The van der Waals surface area contributed by atoms with Crippen molar-refractivity contribution in [1.29, 1.82) is 0 Å². The summed E-state index contributed by atoms with van der Waals surface area (Å²) in [7, 11) is 1.86. The fourth-order valence-corrected chi connectivity index (χ4v) is 5.76. The fourth-order valence-electron chi connectivity index (χ4n) is 5.76. The Morgan fingerprint density at radius 2 is 2.00 bits per heavy atom. The number of carboxylic acids is 1. The molecule has 1 aliphatic rings. The number of rotatable bonds is 8. The summed E-state index contributed by atoms with van der Waals surface area (Å²) in [6.07, 6.45) is 4.10. The molecule has 9 heteroatoms. The lowest BCUT2D eigenvalue weighted by Gasteiger charge is -2.33. The van der Waals surface area contributed by atoms with Crippen LogP contribution in [0.4, 0.5) is 0 Å². The molecule has 0 saturated carbocycles. The number of aliphatic carboxylic acids is 1. The second-order valence-corrected chi connectivity index (χ2v) is 11.4. The molecule has 2 unspecified atom stereocenters. The number of morpholine rings is 1. The van der Waals surface area contributed by atoms with E-state index in [4.69, 9.17) is 4.74 Å². The van der Waals surface area contributed by atoms with Gasteiger partial charge in [-0.1, -0.05) is 29.5 Å². The van der Waals surface area contributed by atoms with E-state index >= 15 is 0 Å². The third-order valence-electron chi connectivity index (χ3n) is 8.20. The van der Waals surface area contributed by atoms with Crippen LogP contribution in [-0.2, 0) is 29.7 Å². The Morgan fingerprint density at radius 1 is 1.21 bits per heavy atom. The molecule has 0 amide bonds. The molecule has 1 aliphatic heterocycles. The second kappa shape index (κ2) is 10.5. The molecule has 2 aromatic carbocycles. The van der Waals surface area contributed by atoms with E-state index < -0.39 is 11.4 Å². The van der Waals surface area contributed by atoms with Crippen molar-refractivity contribution in [2.24, 2.45) is 12.5 Å². The summed E-state index contributed by atoms with van der Waals surface area (Å²) in [4.78, 5) is 19.6. The highest BCUT2D eigenvalue weighted by Crippen LogP contribution is 2.44. The zero-order valence-electron chi connectivity index (χ0n) is 23.7. The average Bonchev–Trinajstić information content (AvgIpc) is 3.48. The van der Waals surface area contributed by atoms with Crippen molar-refractivity contribution in [2.75, 3.05) is 19.7 Å². The van der Waals surface area contributed by atoms with Crippen LogP contribution >= 0.6 is 0 Å². The first-order valence-corrected chi connectivity index (χ1v) is 13.5. The lowest BCUT2D eigenvalue weighted by atomic mass is 9.69. The number of fused-ring (bicyclic) bond motifs is 1. The van der Waals surface area contributed by atoms with Gasteiger partial charge in [0.2, 0.25) is 0 Å². The smallest absolute Gasteiger partial charge is 0.310 e. The maximum Gasteiger partial charge on any atom is 0.310 e. The summed E-state index contributed by atoms with van der Waals surface area (Å²) in [5, 5.41) is 18.9. The molecular weight excluding hydrogens is 492 g/mol. The van der Waals surface area contributed by atoms with Crippen molar-refractivity contribution < 1.29 is 14.6 Å². The first kappa shape index (κ1) is 27.0. The number of ether oxygens (including phenoxy) is 1. The molecule has 2 aromatic heterocycles. The van der Waals surface area contributed by atoms with Gasteiger partial charge in [0.25, 0.3) is 0 Å². The highest BCUT2D eigenvalue weighted by Gasteiger charge is 2.40. The van der Waals surface area contributed by atoms with Crippen LogP contribution in [0, 0.1) is 19.3 Å². The van der Waals surface area contributed by atoms with Gasteiger partial charge >= 0.3 is 5.97 Å². The molecule has 1 N–H and O–H groups in total. The SMILES string of the molecule is Cc1ccc(C(c2ccc3c(nnn3C)c2C)C(C)(C)C(=O)O)cc1Cn1ccnc1CN1CCOC(C)C1. The Morgan fingerprint density at radius 3 is 2.74 bits per heavy atom. The molecule has 4 aromatic rings. The Kier molecular flexibility index (Phi) is 7.31. The zero-order chi connectivity index (χ0) is 27.9. The van der Waals surface area contributed by atoms with Crippen molar-refractivity contribution >= 4 is 17.0 Å². The Bertz CT molecular complexity index is 1500. The Hall–Kier alpha value is -3.56. The largest absolute Gasteiger partial charge is 0.481 e. The number of hydrogen-bond donors (Lipinski definition) is 1. The van der Waals surface area contributed by atoms with E-state index in [-0.39, 0.29) is 12.0 Å². The van der Waals surface area contributed by atoms with Crippen LogP contribution in [0.3, 0.4) is 0 Å². The van der Waals surface area contributed by atoms with Crippen LogP contribution in [0.5, 0.6) is 0 Å². The first-order valence-electron chi connectivity index (χ1n) is 13.5. The van der Waals surface area contributed by atoms with Gasteiger partial charge in [-0.2, -0.15) is 0 Å². The third-order valence-corrected chi connectivity index (χ3v) is 8.20. The standard InChI is InChI=1S/C30H38N6O3/c1-19-7-8-22(15-23(19)17-36-12-11-31-26(36)18-35-13-14-39-20(2)16-35)27(30(4,5)29(37)38)24-9-10-25-28(21(24)3)32-33-34(25)6/h7-12,15,20,27H,13-14,16-18H2,1-6H3,(H,37,38). The Balaban J connectivity index is 1.52. The van der Waals surface area contributed by atoms with Crippen LogP contribution < -0.4 is 0 Å². The van der Waals surface area contributed by atoms with Crippen molar-refractivity contribution in [3.05, 3.63) is 76.4 Å². The predicted octanol–water partition coefficient (Wildman–Crippen LogP) is 4.29. The number of carboxylic acid groups (broad SMARTS) is 1. The lowest BCUT2D eigenvalue weighted by Crippen LogP contribution is -2.41. The van der Waals surface area contributed by atoms with Crippen LogP contribution in [-0.4, -0.2) is 66.3 Å². The summed E-state index contributed by atoms with van der Waals surface area (Å²) < 4.78 is 9.64. The molecule has 2 atom stereocenters.